The highest BCUT2D eigenvalue weighted by atomic mass is 32.2. The molecule has 0 fully saturated rings. The summed E-state index contributed by atoms with van der Waals surface area (Å²) in [5.41, 5.74) is 1.26. The summed E-state index contributed by atoms with van der Waals surface area (Å²) in [6.07, 6.45) is 0.804. The number of hydrogen-bond donors (Lipinski definition) is 1. The van der Waals surface area contributed by atoms with Crippen LogP contribution in [0.25, 0.3) is 10.8 Å². The Bertz CT molecular complexity index is 884. The van der Waals surface area contributed by atoms with Crippen molar-refractivity contribution in [2.45, 2.75) is 16.6 Å². The second-order valence-electron chi connectivity index (χ2n) is 6.07. The maximum Gasteiger partial charge on any atom is 0.233 e. The van der Waals surface area contributed by atoms with Crippen molar-refractivity contribution in [1.82, 2.24) is 5.32 Å². The van der Waals surface area contributed by atoms with Crippen LogP contribution in [0.5, 0.6) is 5.75 Å². The van der Waals surface area contributed by atoms with Gasteiger partial charge in [0.15, 0.2) is 0 Å². The summed E-state index contributed by atoms with van der Waals surface area (Å²) in [5, 5.41) is 5.30. The normalized spacial score (nSPS) is 15.8. The van der Waals surface area contributed by atoms with Crippen LogP contribution in [0, 0.1) is 0 Å². The van der Waals surface area contributed by atoms with E-state index < -0.39 is 0 Å². The Hall–Kier alpha value is -2.46. The number of carbonyl (C=O) groups is 1. The molecule has 1 N–H and O–H groups in total. The van der Waals surface area contributed by atoms with Gasteiger partial charge in [-0.15, -0.1) is 11.8 Å². The molecule has 0 saturated carbocycles. The molecule has 0 saturated heterocycles. The smallest absolute Gasteiger partial charge is 0.233 e. The largest absolute Gasteiger partial charge is 0.492 e. The van der Waals surface area contributed by atoms with E-state index in [2.05, 4.69) is 35.6 Å². The second kappa shape index (κ2) is 7.19. The Morgan fingerprint density at radius 3 is 2.72 bits per heavy atom. The fourth-order valence-electron chi connectivity index (χ4n) is 3.04. The highest BCUT2D eigenvalue weighted by Gasteiger charge is 2.27. The molecule has 1 aliphatic heterocycles. The van der Waals surface area contributed by atoms with Gasteiger partial charge in [-0.1, -0.05) is 48.5 Å². The molecule has 3 aromatic carbocycles. The number of rotatable bonds is 5. The van der Waals surface area contributed by atoms with E-state index in [1.165, 1.54) is 15.8 Å². The van der Waals surface area contributed by atoms with E-state index in [9.17, 15) is 4.79 Å². The molecule has 0 radical (unpaired) electrons. The first-order valence-corrected chi connectivity index (χ1v) is 9.31. The number of nitrogens with one attached hydrogen (secondary N) is 1. The molecular formula is C21H19NO2S. The number of amides is 1. The highest BCUT2D eigenvalue weighted by molar-refractivity contribution is 8.01. The molecule has 1 amide bonds. The fourth-order valence-corrected chi connectivity index (χ4v) is 4.26. The minimum absolute atomic E-state index is 0.0296. The van der Waals surface area contributed by atoms with Crippen molar-refractivity contribution in [3.05, 3.63) is 72.3 Å². The number of carbonyl (C=O) groups excluding carboxylic acids is 1. The van der Waals surface area contributed by atoms with Crippen molar-refractivity contribution < 1.29 is 9.53 Å². The Morgan fingerprint density at radius 2 is 1.84 bits per heavy atom. The van der Waals surface area contributed by atoms with E-state index in [-0.39, 0.29) is 11.2 Å². The van der Waals surface area contributed by atoms with Gasteiger partial charge in [0.1, 0.15) is 12.4 Å². The average Bonchev–Trinajstić information content (AvgIpc) is 3.09. The topological polar surface area (TPSA) is 38.3 Å². The van der Waals surface area contributed by atoms with Crippen LogP contribution in [0.1, 0.15) is 5.56 Å². The molecule has 4 rings (SSSR count). The SMILES string of the molecule is O=C(NCCOc1ccc2ccccc2c1)C1Cc2ccccc2S1. The Balaban J connectivity index is 1.26. The van der Waals surface area contributed by atoms with Gasteiger partial charge in [0, 0.05) is 4.90 Å². The quantitative estimate of drug-likeness (QED) is 0.706. The zero-order valence-electron chi connectivity index (χ0n) is 13.8. The Kier molecular flexibility index (Phi) is 4.61. The summed E-state index contributed by atoms with van der Waals surface area (Å²) in [4.78, 5) is 13.5. The molecule has 1 atom stereocenters. The summed E-state index contributed by atoms with van der Waals surface area (Å²) in [6, 6.07) is 22.5. The summed E-state index contributed by atoms with van der Waals surface area (Å²) in [7, 11) is 0. The van der Waals surface area contributed by atoms with Crippen molar-refractivity contribution in [1.29, 1.82) is 0 Å². The van der Waals surface area contributed by atoms with Crippen LogP contribution in [0.2, 0.25) is 0 Å². The van der Waals surface area contributed by atoms with Gasteiger partial charge in [0.25, 0.3) is 0 Å². The van der Waals surface area contributed by atoms with Crippen molar-refractivity contribution in [2.24, 2.45) is 0 Å². The van der Waals surface area contributed by atoms with E-state index in [0.717, 1.165) is 17.6 Å². The van der Waals surface area contributed by atoms with Crippen molar-refractivity contribution in [2.75, 3.05) is 13.2 Å². The molecule has 1 unspecified atom stereocenters. The van der Waals surface area contributed by atoms with Crippen molar-refractivity contribution in [3.63, 3.8) is 0 Å². The third kappa shape index (κ3) is 3.64. The van der Waals surface area contributed by atoms with Gasteiger partial charge in [0.2, 0.25) is 5.91 Å². The molecule has 1 heterocycles. The lowest BCUT2D eigenvalue weighted by Gasteiger charge is -2.11. The minimum Gasteiger partial charge on any atom is -0.492 e. The minimum atomic E-state index is -0.0296. The molecule has 25 heavy (non-hydrogen) atoms. The fraction of sp³-hybridized carbons (Fsp3) is 0.190. The van der Waals surface area contributed by atoms with Crippen LogP contribution in [-0.4, -0.2) is 24.3 Å². The summed E-state index contributed by atoms with van der Waals surface area (Å²) >= 11 is 1.65. The van der Waals surface area contributed by atoms with E-state index in [0.29, 0.717) is 13.2 Å². The van der Waals surface area contributed by atoms with Crippen LogP contribution in [-0.2, 0) is 11.2 Å². The first kappa shape index (κ1) is 16.0. The summed E-state index contributed by atoms with van der Waals surface area (Å²) < 4.78 is 5.77. The van der Waals surface area contributed by atoms with Gasteiger partial charge in [-0.3, -0.25) is 4.79 Å². The number of hydrogen-bond acceptors (Lipinski definition) is 3. The van der Waals surface area contributed by atoms with Gasteiger partial charge in [-0.05, 0) is 41.0 Å². The molecule has 0 spiro atoms. The lowest BCUT2D eigenvalue weighted by Crippen LogP contribution is -2.35. The first-order valence-electron chi connectivity index (χ1n) is 8.43. The standard InChI is InChI=1S/C21H19NO2S/c23-21(20-14-17-7-3-4-8-19(17)25-20)22-11-12-24-18-10-9-15-5-1-2-6-16(15)13-18/h1-10,13,20H,11-12,14H2,(H,22,23). The van der Waals surface area contributed by atoms with Crippen LogP contribution in [0.4, 0.5) is 0 Å². The lowest BCUT2D eigenvalue weighted by atomic mass is 10.1. The number of benzene rings is 3. The van der Waals surface area contributed by atoms with E-state index in [4.69, 9.17) is 4.74 Å². The summed E-state index contributed by atoms with van der Waals surface area (Å²) in [6.45, 7) is 0.980. The third-order valence-corrected chi connectivity index (χ3v) is 5.65. The number of fused-ring (bicyclic) bond motifs is 2. The number of thioether (sulfide) groups is 1. The van der Waals surface area contributed by atoms with Crippen LogP contribution < -0.4 is 10.1 Å². The average molecular weight is 349 g/mol. The van der Waals surface area contributed by atoms with E-state index in [1.54, 1.807) is 11.8 Å². The molecule has 3 nitrogen and oxygen atoms in total. The molecular weight excluding hydrogens is 330 g/mol. The molecule has 3 aromatic rings. The molecule has 126 valence electrons. The lowest BCUT2D eigenvalue weighted by molar-refractivity contribution is -0.120. The molecule has 1 aliphatic rings. The predicted molar refractivity (Wildman–Crippen MR) is 102 cm³/mol. The first-order chi connectivity index (χ1) is 12.3. The van der Waals surface area contributed by atoms with Crippen LogP contribution >= 0.6 is 11.8 Å². The van der Waals surface area contributed by atoms with Gasteiger partial charge >= 0.3 is 0 Å². The van der Waals surface area contributed by atoms with Gasteiger partial charge < -0.3 is 10.1 Å². The molecule has 0 bridgehead atoms. The van der Waals surface area contributed by atoms with Crippen molar-refractivity contribution >= 4 is 28.4 Å². The van der Waals surface area contributed by atoms with Crippen molar-refractivity contribution in [3.8, 4) is 5.75 Å². The molecule has 0 aromatic heterocycles. The highest BCUT2D eigenvalue weighted by Crippen LogP contribution is 2.36. The van der Waals surface area contributed by atoms with Crippen LogP contribution in [0.3, 0.4) is 0 Å². The maximum absolute atomic E-state index is 12.3. The Morgan fingerprint density at radius 1 is 1.04 bits per heavy atom. The maximum atomic E-state index is 12.3. The number of ether oxygens (including phenoxy) is 1. The molecule has 4 heteroatoms. The zero-order chi connectivity index (χ0) is 17.1. The van der Waals surface area contributed by atoms with Gasteiger partial charge in [-0.25, -0.2) is 0 Å². The zero-order valence-corrected chi connectivity index (χ0v) is 14.6. The molecule has 0 aliphatic carbocycles. The second-order valence-corrected chi connectivity index (χ2v) is 7.31. The van der Waals surface area contributed by atoms with Gasteiger partial charge in [-0.2, -0.15) is 0 Å². The third-order valence-electron chi connectivity index (χ3n) is 4.33. The van der Waals surface area contributed by atoms with E-state index >= 15 is 0 Å². The van der Waals surface area contributed by atoms with Gasteiger partial charge in [0.05, 0.1) is 11.8 Å². The monoisotopic (exact) mass is 349 g/mol. The van der Waals surface area contributed by atoms with E-state index in [1.807, 2.05) is 36.4 Å². The van der Waals surface area contributed by atoms with Crippen LogP contribution in [0.15, 0.2) is 71.6 Å². The Labute approximate surface area is 151 Å². The predicted octanol–water partition coefficient (Wildman–Crippen LogP) is 4.05. The summed E-state index contributed by atoms with van der Waals surface area (Å²) in [5.74, 6) is 0.916.